The molecule has 2 fully saturated rings. The van der Waals surface area contributed by atoms with Gasteiger partial charge in [0.15, 0.2) is 0 Å². The molecule has 1 aliphatic carbocycles. The molecule has 0 radical (unpaired) electrons. The van der Waals surface area contributed by atoms with Crippen LogP contribution in [-0.4, -0.2) is 41.1 Å². The molecule has 4 rings (SSSR count). The van der Waals surface area contributed by atoms with Crippen LogP contribution in [0.5, 0.6) is 0 Å². The van der Waals surface area contributed by atoms with E-state index in [1.165, 1.54) is 23.3 Å². The monoisotopic (exact) mass is 303 g/mol. The van der Waals surface area contributed by atoms with Crippen molar-refractivity contribution in [1.29, 1.82) is 0 Å². The Morgan fingerprint density at radius 2 is 2.23 bits per heavy atom. The predicted molar refractivity (Wildman–Crippen MR) is 79.6 cm³/mol. The van der Waals surface area contributed by atoms with E-state index in [9.17, 15) is 9.90 Å². The fraction of sp³-hybridized carbons (Fsp3) is 0.588. The van der Waals surface area contributed by atoms with Crippen LogP contribution in [0.4, 0.5) is 4.79 Å². The molecule has 3 aliphatic rings. The summed E-state index contributed by atoms with van der Waals surface area (Å²) < 4.78 is 12.1. The van der Waals surface area contributed by atoms with E-state index in [4.69, 9.17) is 9.47 Å². The van der Waals surface area contributed by atoms with Crippen LogP contribution >= 0.6 is 0 Å². The molecule has 5 heteroatoms. The molecule has 2 heterocycles. The Kier molecular flexibility index (Phi) is 3.16. The first-order valence-corrected chi connectivity index (χ1v) is 7.91. The van der Waals surface area contributed by atoms with E-state index in [2.05, 4.69) is 12.1 Å². The third-order valence-corrected chi connectivity index (χ3v) is 5.13. The maximum Gasteiger partial charge on any atom is 0.409 e. The SMILES string of the molecule is CC12CN(C(=O)O)C(OCC3CC3)C1c1ccccc1CO2. The van der Waals surface area contributed by atoms with Crippen molar-refractivity contribution in [3.63, 3.8) is 0 Å². The Morgan fingerprint density at radius 1 is 1.45 bits per heavy atom. The van der Waals surface area contributed by atoms with Crippen LogP contribution in [0.2, 0.25) is 0 Å². The van der Waals surface area contributed by atoms with E-state index >= 15 is 0 Å². The first-order chi connectivity index (χ1) is 10.6. The second-order valence-corrected chi connectivity index (χ2v) is 6.86. The van der Waals surface area contributed by atoms with Gasteiger partial charge in [0.25, 0.3) is 0 Å². The van der Waals surface area contributed by atoms with Crippen LogP contribution in [0.25, 0.3) is 0 Å². The van der Waals surface area contributed by atoms with Gasteiger partial charge in [-0.1, -0.05) is 24.3 Å². The van der Waals surface area contributed by atoms with Crippen LogP contribution in [-0.2, 0) is 16.1 Å². The van der Waals surface area contributed by atoms with E-state index in [0.29, 0.717) is 25.7 Å². The Balaban J connectivity index is 1.70. The van der Waals surface area contributed by atoms with E-state index in [1.54, 1.807) is 0 Å². The lowest BCUT2D eigenvalue weighted by Gasteiger charge is -2.38. The van der Waals surface area contributed by atoms with Gasteiger partial charge in [0.2, 0.25) is 0 Å². The summed E-state index contributed by atoms with van der Waals surface area (Å²) in [5.74, 6) is 0.537. The molecule has 118 valence electrons. The van der Waals surface area contributed by atoms with Crippen LogP contribution < -0.4 is 0 Å². The Hall–Kier alpha value is -1.59. The number of nitrogens with zero attached hydrogens (tertiary/aromatic N) is 1. The number of ether oxygens (including phenoxy) is 2. The standard InChI is InChI=1S/C17H21NO4/c1-17-10-18(16(19)20)15(21-8-11-6-7-11)14(17)13-5-3-2-4-12(13)9-22-17/h2-5,11,14-15H,6-10H2,1H3,(H,19,20). The number of carboxylic acid groups (broad SMARTS) is 1. The molecule has 3 unspecified atom stereocenters. The molecule has 1 N–H and O–H groups in total. The third-order valence-electron chi connectivity index (χ3n) is 5.13. The lowest BCUT2D eigenvalue weighted by Crippen LogP contribution is -2.41. The number of amides is 1. The highest BCUT2D eigenvalue weighted by molar-refractivity contribution is 5.66. The minimum absolute atomic E-state index is 0.0627. The zero-order valence-electron chi connectivity index (χ0n) is 12.7. The highest BCUT2D eigenvalue weighted by atomic mass is 16.5. The number of rotatable bonds is 3. The van der Waals surface area contributed by atoms with Crippen molar-refractivity contribution >= 4 is 6.09 Å². The minimum Gasteiger partial charge on any atom is -0.465 e. The van der Waals surface area contributed by atoms with Gasteiger partial charge in [0, 0.05) is 0 Å². The fourth-order valence-electron chi connectivity index (χ4n) is 3.72. The average molecular weight is 303 g/mol. The molecule has 3 atom stereocenters. The van der Waals surface area contributed by atoms with Gasteiger partial charge in [-0.2, -0.15) is 0 Å². The Labute approximate surface area is 129 Å². The predicted octanol–water partition coefficient (Wildman–Crippen LogP) is 2.81. The van der Waals surface area contributed by atoms with Crippen molar-refractivity contribution in [3.05, 3.63) is 35.4 Å². The molecule has 1 amide bonds. The van der Waals surface area contributed by atoms with Gasteiger partial charge in [0.1, 0.15) is 6.23 Å². The molecule has 1 saturated carbocycles. The number of benzene rings is 1. The van der Waals surface area contributed by atoms with Crippen LogP contribution in [0.15, 0.2) is 24.3 Å². The van der Waals surface area contributed by atoms with Crippen molar-refractivity contribution in [1.82, 2.24) is 4.90 Å². The third kappa shape index (κ3) is 2.20. The van der Waals surface area contributed by atoms with Gasteiger partial charge in [-0.15, -0.1) is 0 Å². The number of fused-ring (bicyclic) bond motifs is 3. The van der Waals surface area contributed by atoms with Gasteiger partial charge >= 0.3 is 6.09 Å². The number of carbonyl (C=O) groups is 1. The maximum absolute atomic E-state index is 11.7. The first kappa shape index (κ1) is 14.0. The van der Waals surface area contributed by atoms with Gasteiger partial charge < -0.3 is 14.6 Å². The van der Waals surface area contributed by atoms with E-state index in [-0.39, 0.29) is 5.92 Å². The normalized spacial score (nSPS) is 33.4. The quantitative estimate of drug-likeness (QED) is 0.933. The van der Waals surface area contributed by atoms with Crippen molar-refractivity contribution < 1.29 is 19.4 Å². The fourth-order valence-corrected chi connectivity index (χ4v) is 3.72. The minimum atomic E-state index is -0.933. The highest BCUT2D eigenvalue weighted by Gasteiger charge is 2.56. The molecule has 1 aromatic carbocycles. The van der Waals surface area contributed by atoms with E-state index in [1.807, 2.05) is 19.1 Å². The molecule has 22 heavy (non-hydrogen) atoms. The van der Waals surface area contributed by atoms with Crippen LogP contribution in [0.1, 0.15) is 36.8 Å². The topological polar surface area (TPSA) is 59.0 Å². The summed E-state index contributed by atoms with van der Waals surface area (Å²) in [6.07, 6.45) is 0.992. The highest BCUT2D eigenvalue weighted by Crippen LogP contribution is 2.48. The summed E-state index contributed by atoms with van der Waals surface area (Å²) in [4.78, 5) is 13.1. The second-order valence-electron chi connectivity index (χ2n) is 6.86. The molecule has 5 nitrogen and oxygen atoms in total. The molecule has 1 aromatic rings. The summed E-state index contributed by atoms with van der Waals surface area (Å²) >= 11 is 0. The summed E-state index contributed by atoms with van der Waals surface area (Å²) in [5, 5.41) is 9.56. The van der Waals surface area contributed by atoms with Crippen LogP contribution in [0, 0.1) is 5.92 Å². The summed E-state index contributed by atoms with van der Waals surface area (Å²) in [6.45, 7) is 3.54. The maximum atomic E-state index is 11.7. The van der Waals surface area contributed by atoms with E-state index in [0.717, 1.165) is 5.56 Å². The van der Waals surface area contributed by atoms with Crippen molar-refractivity contribution in [2.24, 2.45) is 5.92 Å². The number of likely N-dealkylation sites (tertiary alicyclic amines) is 1. The molecule has 0 bridgehead atoms. The average Bonchev–Trinajstić information content (AvgIpc) is 3.27. The lowest BCUT2D eigenvalue weighted by atomic mass is 9.80. The van der Waals surface area contributed by atoms with E-state index < -0.39 is 17.9 Å². The molecule has 2 aliphatic heterocycles. The largest absolute Gasteiger partial charge is 0.465 e. The summed E-state index contributed by atoms with van der Waals surface area (Å²) in [6, 6.07) is 8.14. The van der Waals surface area contributed by atoms with Gasteiger partial charge in [-0.3, -0.25) is 4.90 Å². The molecular formula is C17H21NO4. The molecule has 0 spiro atoms. The zero-order chi connectivity index (χ0) is 15.3. The van der Waals surface area contributed by atoms with Gasteiger partial charge in [-0.05, 0) is 36.8 Å². The first-order valence-electron chi connectivity index (χ1n) is 7.91. The molecule has 0 aromatic heterocycles. The van der Waals surface area contributed by atoms with Crippen LogP contribution in [0.3, 0.4) is 0 Å². The zero-order valence-corrected chi connectivity index (χ0v) is 12.7. The smallest absolute Gasteiger partial charge is 0.409 e. The van der Waals surface area contributed by atoms with Crippen molar-refractivity contribution in [2.75, 3.05) is 13.2 Å². The summed E-state index contributed by atoms with van der Waals surface area (Å²) in [5.41, 5.74) is 1.79. The van der Waals surface area contributed by atoms with Gasteiger partial charge in [0.05, 0.1) is 31.3 Å². The van der Waals surface area contributed by atoms with Crippen molar-refractivity contribution in [3.8, 4) is 0 Å². The Morgan fingerprint density at radius 3 is 2.95 bits per heavy atom. The van der Waals surface area contributed by atoms with Crippen molar-refractivity contribution in [2.45, 2.75) is 44.1 Å². The molecular weight excluding hydrogens is 282 g/mol. The number of hydrogen-bond acceptors (Lipinski definition) is 3. The Bertz CT molecular complexity index is 600. The number of hydrogen-bond donors (Lipinski definition) is 1. The lowest BCUT2D eigenvalue weighted by molar-refractivity contribution is -0.0797. The van der Waals surface area contributed by atoms with Gasteiger partial charge in [-0.25, -0.2) is 4.79 Å². The summed E-state index contributed by atoms with van der Waals surface area (Å²) in [7, 11) is 0. The second kappa shape index (κ2) is 4.96. The molecule has 1 saturated heterocycles.